The molecule has 0 N–H and O–H groups in total. The summed E-state index contributed by atoms with van der Waals surface area (Å²) in [4.78, 5) is 14.3. The third kappa shape index (κ3) is 5.52. The number of hydrogen-bond acceptors (Lipinski definition) is 5. The second-order valence-corrected chi connectivity index (χ2v) is 8.33. The molecule has 0 spiro atoms. The predicted molar refractivity (Wildman–Crippen MR) is 95.5 cm³/mol. The lowest BCUT2D eigenvalue weighted by molar-refractivity contribution is -0.132. The first kappa shape index (κ1) is 19.9. The predicted octanol–water partition coefficient (Wildman–Crippen LogP) is 1.46. The molecule has 0 unspecified atom stereocenters. The zero-order chi connectivity index (χ0) is 18.3. The number of fused-ring (bicyclic) bond motifs is 1. The molecular formula is C18H27NO5S. The summed E-state index contributed by atoms with van der Waals surface area (Å²) >= 11 is 0. The summed E-state index contributed by atoms with van der Waals surface area (Å²) in [6.45, 7) is 1.68. The van der Waals surface area contributed by atoms with Gasteiger partial charge in [0.25, 0.3) is 0 Å². The normalized spacial score (nSPS) is 13.7. The summed E-state index contributed by atoms with van der Waals surface area (Å²) in [6, 6.07) is 5.34. The molecule has 0 heterocycles. The summed E-state index contributed by atoms with van der Waals surface area (Å²) in [5.74, 6) is -0.375. The quantitative estimate of drug-likeness (QED) is 0.624. The van der Waals surface area contributed by atoms with Crippen LogP contribution in [0.5, 0.6) is 0 Å². The average molecular weight is 369 g/mol. The molecule has 1 amide bonds. The maximum atomic E-state index is 12.6. The number of methoxy groups -OCH3 is 2. The number of rotatable bonds is 10. The van der Waals surface area contributed by atoms with Gasteiger partial charge in [0.2, 0.25) is 5.91 Å². The fraction of sp³-hybridized carbons (Fsp3) is 0.611. The zero-order valence-electron chi connectivity index (χ0n) is 15.0. The van der Waals surface area contributed by atoms with Crippen molar-refractivity contribution in [2.75, 3.05) is 46.3 Å². The van der Waals surface area contributed by atoms with Gasteiger partial charge in [0.1, 0.15) is 0 Å². The van der Waals surface area contributed by atoms with E-state index in [9.17, 15) is 13.2 Å². The molecule has 0 saturated heterocycles. The minimum atomic E-state index is -3.46. The van der Waals surface area contributed by atoms with Crippen molar-refractivity contribution in [3.63, 3.8) is 0 Å². The van der Waals surface area contributed by atoms with Gasteiger partial charge in [0.15, 0.2) is 9.84 Å². The standard InChI is InChI=1S/C18H27NO5S/c1-23-11-9-19(10-12-24-2)18(20)8-13-25(21,22)17-7-6-15-4-3-5-16(15)14-17/h6-7,14H,3-5,8-13H2,1-2H3. The highest BCUT2D eigenvalue weighted by molar-refractivity contribution is 7.91. The smallest absolute Gasteiger partial charge is 0.223 e. The van der Waals surface area contributed by atoms with E-state index in [0.29, 0.717) is 31.2 Å². The molecule has 0 aromatic heterocycles. The van der Waals surface area contributed by atoms with E-state index >= 15 is 0 Å². The summed E-state index contributed by atoms with van der Waals surface area (Å²) in [5, 5.41) is 0. The first-order valence-corrected chi connectivity index (χ1v) is 10.2. The Balaban J connectivity index is 1.98. The van der Waals surface area contributed by atoms with Crippen LogP contribution in [0, 0.1) is 0 Å². The van der Waals surface area contributed by atoms with Crippen LogP contribution in [0.1, 0.15) is 24.0 Å². The fourth-order valence-corrected chi connectivity index (χ4v) is 4.28. The van der Waals surface area contributed by atoms with Gasteiger partial charge in [-0.2, -0.15) is 0 Å². The Hall–Kier alpha value is -1.44. The molecule has 2 rings (SSSR count). The molecule has 1 aliphatic carbocycles. The van der Waals surface area contributed by atoms with Crippen molar-refractivity contribution in [3.05, 3.63) is 29.3 Å². The summed E-state index contributed by atoms with van der Waals surface area (Å²) in [5.41, 5.74) is 2.36. The van der Waals surface area contributed by atoms with Crippen molar-refractivity contribution >= 4 is 15.7 Å². The molecule has 0 fully saturated rings. The highest BCUT2D eigenvalue weighted by Crippen LogP contribution is 2.25. The molecule has 1 aliphatic rings. The van der Waals surface area contributed by atoms with E-state index in [2.05, 4.69) is 0 Å². The Morgan fingerprint density at radius 3 is 2.36 bits per heavy atom. The monoisotopic (exact) mass is 369 g/mol. The largest absolute Gasteiger partial charge is 0.383 e. The molecule has 0 atom stereocenters. The first-order valence-electron chi connectivity index (χ1n) is 8.58. The summed E-state index contributed by atoms with van der Waals surface area (Å²) in [6.07, 6.45) is 2.99. The Morgan fingerprint density at radius 1 is 1.08 bits per heavy atom. The van der Waals surface area contributed by atoms with Crippen molar-refractivity contribution < 1.29 is 22.7 Å². The number of amides is 1. The number of ether oxygens (including phenoxy) is 2. The van der Waals surface area contributed by atoms with Gasteiger partial charge in [-0.1, -0.05) is 6.07 Å². The molecule has 1 aromatic rings. The minimum Gasteiger partial charge on any atom is -0.383 e. The van der Waals surface area contributed by atoms with Crippen molar-refractivity contribution in [1.82, 2.24) is 4.90 Å². The zero-order valence-corrected chi connectivity index (χ0v) is 15.8. The molecule has 6 nitrogen and oxygen atoms in total. The van der Waals surface area contributed by atoms with E-state index in [1.165, 1.54) is 5.56 Å². The van der Waals surface area contributed by atoms with Crippen LogP contribution in [0.15, 0.2) is 23.1 Å². The lowest BCUT2D eigenvalue weighted by Crippen LogP contribution is -2.37. The van der Waals surface area contributed by atoms with Crippen molar-refractivity contribution in [3.8, 4) is 0 Å². The Bertz CT molecular complexity index is 679. The minimum absolute atomic E-state index is 0.0349. The lowest BCUT2D eigenvalue weighted by Gasteiger charge is -2.22. The van der Waals surface area contributed by atoms with Crippen LogP contribution >= 0.6 is 0 Å². The molecule has 7 heteroatoms. The maximum Gasteiger partial charge on any atom is 0.223 e. The number of benzene rings is 1. The van der Waals surface area contributed by atoms with Crippen LogP contribution in [-0.2, 0) is 36.9 Å². The van der Waals surface area contributed by atoms with Gasteiger partial charge in [-0.15, -0.1) is 0 Å². The van der Waals surface area contributed by atoms with Gasteiger partial charge in [-0.3, -0.25) is 4.79 Å². The van der Waals surface area contributed by atoms with Gasteiger partial charge < -0.3 is 14.4 Å². The third-order valence-electron chi connectivity index (χ3n) is 4.50. The van der Waals surface area contributed by atoms with E-state index in [1.54, 1.807) is 31.3 Å². The Morgan fingerprint density at radius 2 is 1.72 bits per heavy atom. The molecule has 0 aliphatic heterocycles. The second-order valence-electron chi connectivity index (χ2n) is 6.22. The number of hydrogen-bond donors (Lipinski definition) is 0. The molecule has 1 aromatic carbocycles. The van der Waals surface area contributed by atoms with Crippen LogP contribution in [0.2, 0.25) is 0 Å². The molecule has 25 heavy (non-hydrogen) atoms. The van der Waals surface area contributed by atoms with Crippen molar-refractivity contribution in [1.29, 1.82) is 0 Å². The van der Waals surface area contributed by atoms with E-state index in [-0.39, 0.29) is 18.1 Å². The maximum absolute atomic E-state index is 12.6. The van der Waals surface area contributed by atoms with E-state index in [1.807, 2.05) is 6.07 Å². The second kappa shape index (κ2) is 9.31. The first-order chi connectivity index (χ1) is 12.0. The summed E-state index contributed by atoms with van der Waals surface area (Å²) in [7, 11) is -0.328. The van der Waals surface area contributed by atoms with Gasteiger partial charge >= 0.3 is 0 Å². The molecule has 0 saturated carbocycles. The average Bonchev–Trinajstić information content (AvgIpc) is 3.07. The van der Waals surface area contributed by atoms with Gasteiger partial charge in [-0.25, -0.2) is 8.42 Å². The van der Waals surface area contributed by atoms with Crippen molar-refractivity contribution in [2.45, 2.75) is 30.6 Å². The lowest BCUT2D eigenvalue weighted by atomic mass is 10.1. The van der Waals surface area contributed by atoms with E-state index in [4.69, 9.17) is 9.47 Å². The number of carbonyl (C=O) groups excluding carboxylic acids is 1. The Kier molecular flexibility index (Phi) is 7.40. The van der Waals surface area contributed by atoms with Gasteiger partial charge in [-0.05, 0) is 42.5 Å². The van der Waals surface area contributed by atoms with E-state index < -0.39 is 9.84 Å². The topological polar surface area (TPSA) is 72.9 Å². The number of nitrogens with zero attached hydrogens (tertiary/aromatic N) is 1. The SMILES string of the molecule is COCCN(CCOC)C(=O)CCS(=O)(=O)c1ccc2c(c1)CCC2. The van der Waals surface area contributed by atoms with Crippen LogP contribution in [0.4, 0.5) is 0 Å². The number of aryl methyl sites for hydroxylation is 2. The van der Waals surface area contributed by atoms with E-state index in [0.717, 1.165) is 24.8 Å². The van der Waals surface area contributed by atoms with Crippen LogP contribution < -0.4 is 0 Å². The van der Waals surface area contributed by atoms with Crippen LogP contribution in [0.3, 0.4) is 0 Å². The third-order valence-corrected chi connectivity index (χ3v) is 6.21. The Labute approximate surface area is 150 Å². The fourth-order valence-electron chi connectivity index (χ4n) is 3.00. The molecule has 0 bridgehead atoms. The number of carbonyl (C=O) groups is 1. The van der Waals surface area contributed by atoms with Gasteiger partial charge in [0.05, 0.1) is 23.9 Å². The number of sulfone groups is 1. The van der Waals surface area contributed by atoms with Crippen LogP contribution in [0.25, 0.3) is 0 Å². The molecule has 140 valence electrons. The molecule has 0 radical (unpaired) electrons. The summed E-state index contributed by atoms with van der Waals surface area (Å²) < 4.78 is 35.1. The van der Waals surface area contributed by atoms with Gasteiger partial charge in [0, 0.05) is 33.7 Å². The van der Waals surface area contributed by atoms with Crippen LogP contribution in [-0.4, -0.2) is 65.5 Å². The molecular weight excluding hydrogens is 342 g/mol. The van der Waals surface area contributed by atoms with Crippen molar-refractivity contribution in [2.24, 2.45) is 0 Å². The highest BCUT2D eigenvalue weighted by atomic mass is 32.2. The highest BCUT2D eigenvalue weighted by Gasteiger charge is 2.21.